The Morgan fingerprint density at radius 1 is 1.27 bits per heavy atom. The van der Waals surface area contributed by atoms with E-state index in [1.54, 1.807) is 6.92 Å². The number of phosphoric acid groups is 2. The van der Waals surface area contributed by atoms with E-state index in [1.807, 2.05) is 0 Å². The number of aromatic nitrogens is 2. The van der Waals surface area contributed by atoms with Gasteiger partial charge in [0, 0.05) is 6.61 Å². The Bertz CT molecular complexity index is 888. The van der Waals surface area contributed by atoms with Crippen LogP contribution in [0.2, 0.25) is 0 Å². The second-order valence-corrected chi connectivity index (χ2v) is 9.63. The summed E-state index contributed by atoms with van der Waals surface area (Å²) in [4.78, 5) is 51.8. The molecule has 1 aromatic heterocycles. The number of aliphatic hydroxyl groups excluding tert-OH is 1. The van der Waals surface area contributed by atoms with E-state index in [0.717, 1.165) is 22.5 Å². The molecule has 1 aromatic rings. The summed E-state index contributed by atoms with van der Waals surface area (Å²) in [6.45, 7) is 1.12. The van der Waals surface area contributed by atoms with Crippen LogP contribution in [-0.4, -0.2) is 71.7 Å². The van der Waals surface area contributed by atoms with Gasteiger partial charge in [-0.1, -0.05) is 0 Å². The number of hydrogen-bond donors (Lipinski definition) is 6. The fraction of sp³-hybridized carbons (Fsp3) is 0.667. The first kappa shape index (κ1) is 25.2. The van der Waals surface area contributed by atoms with Gasteiger partial charge in [-0.05, 0) is 6.92 Å². The van der Waals surface area contributed by atoms with E-state index in [2.05, 4.69) is 14.0 Å². The van der Waals surface area contributed by atoms with Gasteiger partial charge in [0.1, 0.15) is 17.6 Å². The zero-order valence-electron chi connectivity index (χ0n) is 15.4. The third kappa shape index (κ3) is 7.00. The number of nitrogen functional groups attached to an aromatic ring is 1. The van der Waals surface area contributed by atoms with Crippen LogP contribution in [0.3, 0.4) is 0 Å². The van der Waals surface area contributed by atoms with E-state index in [1.165, 1.54) is 0 Å². The van der Waals surface area contributed by atoms with Crippen molar-refractivity contribution in [3.8, 4) is 5.75 Å². The van der Waals surface area contributed by atoms with Crippen molar-refractivity contribution in [2.75, 3.05) is 25.7 Å². The Labute approximate surface area is 173 Å². The topological polar surface area (TPSA) is 233 Å². The zero-order chi connectivity index (χ0) is 22.7. The van der Waals surface area contributed by atoms with E-state index in [0.29, 0.717) is 6.61 Å². The molecule has 4 unspecified atom stereocenters. The molecule has 172 valence electrons. The summed E-state index contributed by atoms with van der Waals surface area (Å²) in [5.41, 5.74) is 4.71. The minimum atomic E-state index is -5.11. The second-order valence-electron chi connectivity index (χ2n) is 5.84. The largest absolute Gasteiger partial charge is 0.469 e. The molecular formula is C12H21N3O12P2S. The van der Waals surface area contributed by atoms with Crippen LogP contribution in [0.5, 0.6) is 5.75 Å². The molecule has 30 heavy (non-hydrogen) atoms. The van der Waals surface area contributed by atoms with E-state index in [9.17, 15) is 19.0 Å². The summed E-state index contributed by atoms with van der Waals surface area (Å²) in [7, 11) is -10.0. The number of rotatable bonds is 10. The molecular weight excluding hydrogens is 472 g/mol. The molecule has 0 aliphatic carbocycles. The lowest BCUT2D eigenvalue weighted by Crippen LogP contribution is -2.37. The lowest BCUT2D eigenvalue weighted by Gasteiger charge is -2.22. The van der Waals surface area contributed by atoms with Gasteiger partial charge >= 0.3 is 21.3 Å². The van der Waals surface area contributed by atoms with Crippen molar-refractivity contribution in [2.24, 2.45) is 0 Å². The molecule has 0 amide bonds. The van der Waals surface area contributed by atoms with Crippen LogP contribution in [0.15, 0.2) is 11.0 Å². The van der Waals surface area contributed by atoms with Crippen LogP contribution < -0.4 is 16.2 Å². The monoisotopic (exact) mass is 493 g/mol. The van der Waals surface area contributed by atoms with E-state index >= 15 is 0 Å². The van der Waals surface area contributed by atoms with E-state index in [4.69, 9.17) is 34.8 Å². The number of hydrogen-bond acceptors (Lipinski definition) is 11. The normalized spacial score (nSPS) is 24.9. The molecule has 0 bridgehead atoms. The molecule has 2 heterocycles. The van der Waals surface area contributed by atoms with Crippen molar-refractivity contribution < 1.29 is 52.3 Å². The molecule has 1 fully saturated rings. The lowest BCUT2D eigenvalue weighted by molar-refractivity contribution is 0.00747. The number of phosphoric ester groups is 2. The molecule has 4 atom stereocenters. The molecule has 0 spiro atoms. The van der Waals surface area contributed by atoms with Gasteiger partial charge in [-0.2, -0.15) is 4.98 Å². The average molecular weight is 493 g/mol. The highest BCUT2D eigenvalue weighted by Crippen LogP contribution is 2.50. The Hall–Kier alpha value is -1.03. The van der Waals surface area contributed by atoms with Crippen molar-refractivity contribution in [2.45, 2.75) is 29.8 Å². The molecule has 0 aromatic carbocycles. The standard InChI is InChI=1S/C12H21N3O12P2S/c1-2-24-5-25-6-3-15(12(17)14-10(6)13)11-8(16)9(27-29(21,22)23)7(30-11)4-26-28(18,19)20/h3,7-9,11,16H,2,4-5H2,1H3,(H2,13,14,17)(H2,18,19,20)(H2,21,22,23). The molecule has 7 N–H and O–H groups in total. The van der Waals surface area contributed by atoms with E-state index < -0.39 is 50.8 Å². The maximum Gasteiger partial charge on any atom is 0.469 e. The van der Waals surface area contributed by atoms with Gasteiger partial charge in [-0.25, -0.2) is 13.9 Å². The van der Waals surface area contributed by atoms with Gasteiger partial charge in [0.05, 0.1) is 18.1 Å². The van der Waals surface area contributed by atoms with Gasteiger partial charge < -0.3 is 39.9 Å². The van der Waals surface area contributed by atoms with Crippen LogP contribution in [0, 0.1) is 0 Å². The summed E-state index contributed by atoms with van der Waals surface area (Å²) in [5, 5.41) is 8.16. The summed E-state index contributed by atoms with van der Waals surface area (Å²) in [5.74, 6) is -0.309. The second kappa shape index (κ2) is 10.1. The first-order valence-corrected chi connectivity index (χ1v) is 12.2. The van der Waals surface area contributed by atoms with Gasteiger partial charge in [0.25, 0.3) is 0 Å². The highest BCUT2D eigenvalue weighted by molar-refractivity contribution is 8.00. The number of nitrogens with two attached hydrogens (primary N) is 1. The van der Waals surface area contributed by atoms with Crippen LogP contribution >= 0.6 is 27.4 Å². The molecule has 1 aliphatic heterocycles. The van der Waals surface area contributed by atoms with E-state index in [-0.39, 0.29) is 18.4 Å². The van der Waals surface area contributed by atoms with Gasteiger partial charge in [0.2, 0.25) is 0 Å². The Morgan fingerprint density at radius 3 is 2.50 bits per heavy atom. The SMILES string of the molecule is CCOCOc1cn(C2SC(COP(=O)(O)O)C(OP(=O)(O)O)C2O)c(=O)nc1N. The van der Waals surface area contributed by atoms with Crippen molar-refractivity contribution in [1.29, 1.82) is 0 Å². The third-order valence-electron chi connectivity index (χ3n) is 3.70. The minimum Gasteiger partial charge on any atom is -0.462 e. The lowest BCUT2D eigenvalue weighted by atomic mass is 10.1. The predicted molar refractivity (Wildman–Crippen MR) is 101 cm³/mol. The fourth-order valence-electron chi connectivity index (χ4n) is 2.49. The Balaban J connectivity index is 2.33. The quantitative estimate of drug-likeness (QED) is 0.127. The van der Waals surface area contributed by atoms with Crippen molar-refractivity contribution in [1.82, 2.24) is 9.55 Å². The zero-order valence-corrected chi connectivity index (χ0v) is 18.0. The summed E-state index contributed by atoms with van der Waals surface area (Å²) >= 11 is 0.727. The Kier molecular flexibility index (Phi) is 8.46. The highest BCUT2D eigenvalue weighted by atomic mass is 32.2. The molecule has 0 radical (unpaired) electrons. The third-order valence-corrected chi connectivity index (χ3v) is 6.24. The average Bonchev–Trinajstić information content (AvgIpc) is 2.89. The fourth-order valence-corrected chi connectivity index (χ4v) is 5.09. The first-order chi connectivity index (χ1) is 13.8. The summed E-state index contributed by atoms with van der Waals surface area (Å²) in [6, 6.07) is 0. The van der Waals surface area contributed by atoms with Gasteiger partial charge in [0.15, 0.2) is 18.4 Å². The van der Waals surface area contributed by atoms with Crippen molar-refractivity contribution in [3.63, 3.8) is 0 Å². The summed E-state index contributed by atoms with van der Waals surface area (Å²) in [6.07, 6.45) is -2.22. The predicted octanol–water partition coefficient (Wildman–Crippen LogP) is -1.24. The van der Waals surface area contributed by atoms with Crippen molar-refractivity contribution >= 4 is 33.2 Å². The smallest absolute Gasteiger partial charge is 0.462 e. The molecule has 1 aliphatic rings. The van der Waals surface area contributed by atoms with Gasteiger partial charge in [-0.15, -0.1) is 11.8 Å². The highest BCUT2D eigenvalue weighted by Gasteiger charge is 2.49. The van der Waals surface area contributed by atoms with Crippen LogP contribution in [0.1, 0.15) is 12.3 Å². The van der Waals surface area contributed by atoms with Gasteiger partial charge in [-0.3, -0.25) is 13.6 Å². The van der Waals surface area contributed by atoms with Crippen LogP contribution in [0.25, 0.3) is 0 Å². The number of anilines is 1. The Morgan fingerprint density at radius 2 is 1.93 bits per heavy atom. The molecule has 2 rings (SSSR count). The number of ether oxygens (including phenoxy) is 2. The summed E-state index contributed by atoms with van der Waals surface area (Å²) < 4.78 is 42.3. The number of thioether (sulfide) groups is 1. The van der Waals surface area contributed by atoms with Crippen LogP contribution in [0.4, 0.5) is 5.82 Å². The molecule has 0 saturated carbocycles. The van der Waals surface area contributed by atoms with Crippen molar-refractivity contribution in [3.05, 3.63) is 16.7 Å². The number of nitrogens with zero attached hydrogens (tertiary/aromatic N) is 2. The number of aliphatic hydroxyl groups is 1. The maximum absolute atomic E-state index is 12.3. The molecule has 18 heteroatoms. The molecule has 15 nitrogen and oxygen atoms in total. The minimum absolute atomic E-state index is 0.0572. The van der Waals surface area contributed by atoms with Crippen LogP contribution in [-0.2, 0) is 22.9 Å². The maximum atomic E-state index is 12.3. The molecule has 1 saturated heterocycles. The first-order valence-electron chi connectivity index (χ1n) is 8.19.